The van der Waals surface area contributed by atoms with E-state index >= 15 is 0 Å². The molecule has 4 rings (SSSR count). The average molecular weight is 486 g/mol. The summed E-state index contributed by atoms with van der Waals surface area (Å²) in [4.78, 5) is 23.7. The van der Waals surface area contributed by atoms with Crippen LogP contribution >= 0.6 is 11.6 Å². The van der Waals surface area contributed by atoms with E-state index in [2.05, 4.69) is 25.0 Å². The van der Waals surface area contributed by atoms with E-state index < -0.39 is 18.2 Å². The molecule has 1 unspecified atom stereocenters. The Morgan fingerprint density at radius 2 is 2.12 bits per heavy atom. The van der Waals surface area contributed by atoms with Gasteiger partial charge in [0, 0.05) is 23.7 Å². The first-order chi connectivity index (χ1) is 15.5. The van der Waals surface area contributed by atoms with Crippen LogP contribution in [-0.2, 0) is 16.0 Å². The molecular weight excluding hydrogens is 463 g/mol. The molecule has 0 spiro atoms. The number of hydrogen-bond donors (Lipinski definition) is 2. The van der Waals surface area contributed by atoms with Gasteiger partial charge in [0.1, 0.15) is 22.8 Å². The number of carbonyl (C=O) groups excluding carboxylic acids is 1. The van der Waals surface area contributed by atoms with Gasteiger partial charge in [0.2, 0.25) is 5.95 Å². The molecule has 12 heteroatoms. The van der Waals surface area contributed by atoms with Gasteiger partial charge in [-0.15, -0.1) is 0 Å². The number of esters is 1. The van der Waals surface area contributed by atoms with Crippen molar-refractivity contribution in [3.8, 4) is 5.75 Å². The number of hydrogen-bond acceptors (Lipinski definition) is 8. The SMILES string of the molecule is Cc1cc2c(cn1)OC(c1c(Cl)nc(N)nc1N[C@@H]1C[C@H](COC(=O)C(F)(F)F)C[C@H]1C)C2. The van der Waals surface area contributed by atoms with Crippen LogP contribution in [0.4, 0.5) is 24.9 Å². The summed E-state index contributed by atoms with van der Waals surface area (Å²) >= 11 is 6.44. The van der Waals surface area contributed by atoms with E-state index in [1.54, 1.807) is 6.20 Å². The summed E-state index contributed by atoms with van der Waals surface area (Å²) in [5, 5.41) is 3.49. The number of ether oxygens (including phenoxy) is 2. The molecule has 3 N–H and O–H groups in total. The highest BCUT2D eigenvalue weighted by atomic mass is 35.5. The number of aromatic nitrogens is 3. The van der Waals surface area contributed by atoms with Crippen molar-refractivity contribution >= 4 is 29.3 Å². The highest BCUT2D eigenvalue weighted by Crippen LogP contribution is 2.42. The van der Waals surface area contributed by atoms with Gasteiger partial charge in [-0.05, 0) is 37.7 Å². The quantitative estimate of drug-likeness (QED) is 0.482. The molecule has 0 amide bonds. The summed E-state index contributed by atoms with van der Waals surface area (Å²) in [5.74, 6) is -1.25. The molecule has 2 aromatic rings. The molecule has 1 aliphatic carbocycles. The van der Waals surface area contributed by atoms with Crippen molar-refractivity contribution in [1.82, 2.24) is 15.0 Å². The second-order valence-corrected chi connectivity index (χ2v) is 8.90. The number of nitrogens with two attached hydrogens (primary N) is 1. The summed E-state index contributed by atoms with van der Waals surface area (Å²) in [6.07, 6.45) is -2.16. The monoisotopic (exact) mass is 485 g/mol. The van der Waals surface area contributed by atoms with E-state index in [1.807, 2.05) is 19.9 Å². The predicted molar refractivity (Wildman–Crippen MR) is 114 cm³/mol. The third-order valence-electron chi connectivity index (χ3n) is 5.98. The molecule has 33 heavy (non-hydrogen) atoms. The van der Waals surface area contributed by atoms with E-state index in [9.17, 15) is 18.0 Å². The Balaban J connectivity index is 1.49. The van der Waals surface area contributed by atoms with Gasteiger partial charge in [-0.3, -0.25) is 4.98 Å². The lowest BCUT2D eigenvalue weighted by atomic mass is 10.0. The largest absolute Gasteiger partial charge is 0.490 e. The Kier molecular flexibility index (Phi) is 6.26. The van der Waals surface area contributed by atoms with Crippen molar-refractivity contribution < 1.29 is 27.4 Å². The van der Waals surface area contributed by atoms with Crippen LogP contribution in [0.25, 0.3) is 0 Å². The summed E-state index contributed by atoms with van der Waals surface area (Å²) in [6.45, 7) is 3.56. The molecule has 0 saturated heterocycles. The van der Waals surface area contributed by atoms with E-state index in [4.69, 9.17) is 22.1 Å². The summed E-state index contributed by atoms with van der Waals surface area (Å²) in [7, 11) is 0. The minimum atomic E-state index is -5.00. The van der Waals surface area contributed by atoms with Gasteiger partial charge in [-0.25, -0.2) is 9.78 Å². The molecule has 1 fully saturated rings. The summed E-state index contributed by atoms with van der Waals surface area (Å²) in [6, 6.07) is 1.80. The standard InChI is InChI=1S/C21H23ClF3N5O3/c1-9-3-11(8-32-19(31)21(23,24)25)5-13(9)28-18-16(17(22)29-20(26)30-18)14-6-12-4-10(2)27-7-15(12)33-14/h4,7,9,11,13-14H,3,5-6,8H2,1-2H3,(H3,26,28,29,30)/t9-,11-,13-,14?/m1/s1. The van der Waals surface area contributed by atoms with Crippen LogP contribution in [0.1, 0.15) is 42.7 Å². The maximum Gasteiger partial charge on any atom is 0.490 e. The highest BCUT2D eigenvalue weighted by Gasteiger charge is 2.42. The normalized spacial score (nSPS) is 24.3. The van der Waals surface area contributed by atoms with Crippen molar-refractivity contribution in [3.05, 3.63) is 34.2 Å². The van der Waals surface area contributed by atoms with Crippen molar-refractivity contribution in [1.29, 1.82) is 0 Å². The first-order valence-electron chi connectivity index (χ1n) is 10.5. The third-order valence-corrected chi connectivity index (χ3v) is 6.27. The zero-order chi connectivity index (χ0) is 23.9. The summed E-state index contributed by atoms with van der Waals surface area (Å²) < 4.78 is 47.7. The number of fused-ring (bicyclic) bond motifs is 1. The van der Waals surface area contributed by atoms with Crippen LogP contribution < -0.4 is 15.8 Å². The Morgan fingerprint density at radius 3 is 2.85 bits per heavy atom. The van der Waals surface area contributed by atoms with Crippen LogP contribution in [0.15, 0.2) is 12.3 Å². The fraction of sp³-hybridized carbons (Fsp3) is 0.524. The smallest absolute Gasteiger partial charge is 0.483 e. The number of anilines is 2. The number of nitrogen functional groups attached to an aromatic ring is 1. The number of nitrogens with one attached hydrogen (secondary N) is 1. The van der Waals surface area contributed by atoms with Crippen LogP contribution in [-0.4, -0.2) is 39.7 Å². The second-order valence-electron chi connectivity index (χ2n) is 8.54. The maximum atomic E-state index is 12.4. The van der Waals surface area contributed by atoms with Gasteiger partial charge in [-0.1, -0.05) is 18.5 Å². The number of halogens is 4. The molecule has 0 aromatic carbocycles. The van der Waals surface area contributed by atoms with Crippen LogP contribution in [0.2, 0.25) is 5.15 Å². The predicted octanol–water partition coefficient (Wildman–Crippen LogP) is 4.02. The molecular formula is C21H23ClF3N5O3. The van der Waals surface area contributed by atoms with Crippen LogP contribution in [0.5, 0.6) is 5.75 Å². The highest BCUT2D eigenvalue weighted by molar-refractivity contribution is 6.30. The zero-order valence-electron chi connectivity index (χ0n) is 17.9. The fourth-order valence-corrected chi connectivity index (χ4v) is 4.74. The van der Waals surface area contributed by atoms with Gasteiger partial charge in [-0.2, -0.15) is 18.2 Å². The molecule has 1 saturated carbocycles. The number of nitrogens with zero attached hydrogens (tertiary/aromatic N) is 3. The van der Waals surface area contributed by atoms with Gasteiger partial charge in [0.15, 0.2) is 0 Å². The minimum absolute atomic E-state index is 0.0134. The molecule has 3 heterocycles. The first-order valence-corrected chi connectivity index (χ1v) is 10.8. The molecule has 178 valence electrons. The Morgan fingerprint density at radius 1 is 1.36 bits per heavy atom. The number of carbonyl (C=O) groups is 1. The summed E-state index contributed by atoms with van der Waals surface area (Å²) in [5.41, 5.74) is 8.24. The second kappa shape index (κ2) is 8.85. The first kappa shape index (κ1) is 23.3. The fourth-order valence-electron chi connectivity index (χ4n) is 4.44. The molecule has 0 radical (unpaired) electrons. The minimum Gasteiger partial charge on any atom is -0.483 e. The Labute approximate surface area is 193 Å². The molecule has 2 aliphatic rings. The molecule has 1 aliphatic heterocycles. The average Bonchev–Trinajstić information content (AvgIpc) is 3.27. The maximum absolute atomic E-state index is 12.4. The Bertz CT molecular complexity index is 1070. The van der Waals surface area contributed by atoms with Crippen molar-refractivity contribution in [2.24, 2.45) is 11.8 Å². The molecule has 8 nitrogen and oxygen atoms in total. The molecule has 4 atom stereocenters. The number of rotatable bonds is 5. The zero-order valence-corrected chi connectivity index (χ0v) is 18.7. The van der Waals surface area contributed by atoms with E-state index in [0.29, 0.717) is 36.4 Å². The molecule has 0 bridgehead atoms. The van der Waals surface area contributed by atoms with Crippen molar-refractivity contribution in [3.63, 3.8) is 0 Å². The lowest BCUT2D eigenvalue weighted by Crippen LogP contribution is -2.27. The topological polar surface area (TPSA) is 112 Å². The Hall–Kier alpha value is -2.82. The van der Waals surface area contributed by atoms with Crippen molar-refractivity contribution in [2.45, 2.75) is 51.4 Å². The van der Waals surface area contributed by atoms with Crippen molar-refractivity contribution in [2.75, 3.05) is 17.7 Å². The number of alkyl halides is 3. The lowest BCUT2D eigenvalue weighted by molar-refractivity contribution is -0.200. The van der Waals surface area contributed by atoms with E-state index in [0.717, 1.165) is 11.3 Å². The van der Waals surface area contributed by atoms with E-state index in [-0.39, 0.29) is 35.6 Å². The third kappa shape index (κ3) is 5.07. The van der Waals surface area contributed by atoms with E-state index in [1.165, 1.54) is 0 Å². The molecule has 2 aromatic heterocycles. The number of pyridine rings is 1. The van der Waals surface area contributed by atoms with Gasteiger partial charge in [0.25, 0.3) is 0 Å². The van der Waals surface area contributed by atoms with Gasteiger partial charge >= 0.3 is 12.1 Å². The number of aryl methyl sites for hydroxylation is 1. The van der Waals surface area contributed by atoms with Gasteiger partial charge in [0.05, 0.1) is 18.4 Å². The van der Waals surface area contributed by atoms with Crippen LogP contribution in [0.3, 0.4) is 0 Å². The van der Waals surface area contributed by atoms with Gasteiger partial charge < -0.3 is 20.5 Å². The van der Waals surface area contributed by atoms with Crippen LogP contribution in [0, 0.1) is 18.8 Å². The lowest BCUT2D eigenvalue weighted by Gasteiger charge is -2.23.